The van der Waals surface area contributed by atoms with Crippen LogP contribution in [0.4, 0.5) is 8.78 Å². The molecule has 5 heteroatoms. The zero-order valence-electron chi connectivity index (χ0n) is 9.93. The van der Waals surface area contributed by atoms with Gasteiger partial charge in [-0.2, -0.15) is 0 Å². The van der Waals surface area contributed by atoms with E-state index in [1.165, 1.54) is 25.3 Å². The van der Waals surface area contributed by atoms with Crippen molar-refractivity contribution in [2.24, 2.45) is 0 Å². The lowest BCUT2D eigenvalue weighted by molar-refractivity contribution is 0.481. The van der Waals surface area contributed by atoms with Crippen molar-refractivity contribution in [3.63, 3.8) is 0 Å². The Balaban J connectivity index is 2.53. The van der Waals surface area contributed by atoms with Gasteiger partial charge >= 0.3 is 0 Å². The highest BCUT2D eigenvalue weighted by Crippen LogP contribution is 2.31. The number of hydrogen-bond acceptors (Lipinski definition) is 2. The summed E-state index contributed by atoms with van der Waals surface area (Å²) in [4.78, 5) is 0. The quantitative estimate of drug-likeness (QED) is 0.918. The van der Waals surface area contributed by atoms with Gasteiger partial charge in [-0.15, -0.1) is 0 Å². The van der Waals surface area contributed by atoms with Crippen molar-refractivity contribution in [3.05, 3.63) is 58.0 Å². The monoisotopic (exact) mass is 271 g/mol. The molecule has 0 saturated heterocycles. The van der Waals surface area contributed by atoms with Gasteiger partial charge in [0.25, 0.3) is 0 Å². The SMILES string of the molecule is CNC(c1ccoc1Cl)c1ccc(C)c(F)c1F. The van der Waals surface area contributed by atoms with Gasteiger partial charge in [0.1, 0.15) is 0 Å². The molecule has 0 fully saturated rings. The molecule has 2 aromatic rings. The molecule has 0 saturated carbocycles. The van der Waals surface area contributed by atoms with Gasteiger partial charge in [-0.05, 0) is 37.2 Å². The molecule has 0 aliphatic carbocycles. The van der Waals surface area contributed by atoms with Crippen molar-refractivity contribution >= 4 is 11.6 Å². The first kappa shape index (κ1) is 13.1. The number of furan rings is 1. The number of rotatable bonds is 3. The van der Waals surface area contributed by atoms with E-state index in [0.29, 0.717) is 5.56 Å². The van der Waals surface area contributed by atoms with Gasteiger partial charge in [-0.25, -0.2) is 8.78 Å². The van der Waals surface area contributed by atoms with Crippen LogP contribution < -0.4 is 5.32 Å². The van der Waals surface area contributed by atoms with Crippen molar-refractivity contribution < 1.29 is 13.2 Å². The molecule has 0 radical (unpaired) electrons. The zero-order valence-corrected chi connectivity index (χ0v) is 10.7. The topological polar surface area (TPSA) is 25.2 Å². The highest BCUT2D eigenvalue weighted by atomic mass is 35.5. The Morgan fingerprint density at radius 1 is 1.17 bits per heavy atom. The summed E-state index contributed by atoms with van der Waals surface area (Å²) < 4.78 is 32.5. The van der Waals surface area contributed by atoms with Crippen molar-refractivity contribution in [2.75, 3.05) is 7.05 Å². The normalized spacial score (nSPS) is 12.7. The summed E-state index contributed by atoms with van der Waals surface area (Å²) in [7, 11) is 1.64. The maximum atomic E-state index is 13.9. The van der Waals surface area contributed by atoms with Gasteiger partial charge in [0.2, 0.25) is 0 Å². The largest absolute Gasteiger partial charge is 0.453 e. The summed E-state index contributed by atoms with van der Waals surface area (Å²) in [6.07, 6.45) is 1.41. The minimum Gasteiger partial charge on any atom is -0.453 e. The standard InChI is InChI=1S/C13H12ClF2NO/c1-7-3-4-8(11(16)10(7)15)12(17-2)9-5-6-18-13(9)14/h3-6,12,17H,1-2H3. The van der Waals surface area contributed by atoms with Gasteiger partial charge in [-0.1, -0.05) is 12.1 Å². The van der Waals surface area contributed by atoms with Crippen molar-refractivity contribution in [2.45, 2.75) is 13.0 Å². The lowest BCUT2D eigenvalue weighted by Crippen LogP contribution is -2.19. The smallest absolute Gasteiger partial charge is 0.198 e. The van der Waals surface area contributed by atoms with E-state index in [1.807, 2.05) is 0 Å². The first-order valence-corrected chi connectivity index (χ1v) is 5.78. The number of benzene rings is 1. The molecule has 0 aliphatic heterocycles. The molecule has 0 bridgehead atoms. The van der Waals surface area contributed by atoms with Gasteiger partial charge in [0.05, 0.1) is 12.3 Å². The Morgan fingerprint density at radius 3 is 2.44 bits per heavy atom. The van der Waals surface area contributed by atoms with Crippen LogP contribution in [0.25, 0.3) is 0 Å². The Kier molecular flexibility index (Phi) is 3.68. The highest BCUT2D eigenvalue weighted by molar-refractivity contribution is 6.29. The first-order chi connectivity index (χ1) is 8.56. The fourth-order valence-electron chi connectivity index (χ4n) is 1.87. The number of halogens is 3. The molecule has 0 amide bonds. The summed E-state index contributed by atoms with van der Waals surface area (Å²) >= 11 is 5.86. The van der Waals surface area contributed by atoms with Crippen LogP contribution in [0.2, 0.25) is 5.22 Å². The highest BCUT2D eigenvalue weighted by Gasteiger charge is 2.23. The lowest BCUT2D eigenvalue weighted by Gasteiger charge is -2.17. The second kappa shape index (κ2) is 5.08. The van der Waals surface area contributed by atoms with Gasteiger partial charge in [0.15, 0.2) is 16.9 Å². The number of hydrogen-bond donors (Lipinski definition) is 1. The lowest BCUT2D eigenvalue weighted by atomic mass is 9.99. The minimum atomic E-state index is -0.869. The third-order valence-corrected chi connectivity index (χ3v) is 3.17. The molecule has 0 aliphatic rings. The Morgan fingerprint density at radius 2 is 1.89 bits per heavy atom. The Bertz CT molecular complexity index is 568. The minimum absolute atomic E-state index is 0.162. The molecular weight excluding hydrogens is 260 g/mol. The Hall–Kier alpha value is -1.39. The van der Waals surface area contributed by atoms with E-state index in [9.17, 15) is 8.78 Å². The van der Waals surface area contributed by atoms with Crippen LogP contribution in [0.3, 0.4) is 0 Å². The van der Waals surface area contributed by atoms with E-state index in [-0.39, 0.29) is 16.3 Å². The second-order valence-corrected chi connectivity index (χ2v) is 4.31. The fourth-order valence-corrected chi connectivity index (χ4v) is 2.10. The molecule has 2 rings (SSSR count). The van der Waals surface area contributed by atoms with Crippen LogP contribution in [0, 0.1) is 18.6 Å². The first-order valence-electron chi connectivity index (χ1n) is 5.41. The number of aryl methyl sites for hydroxylation is 1. The van der Waals surface area contributed by atoms with Gasteiger partial charge in [0, 0.05) is 11.1 Å². The third kappa shape index (κ3) is 2.13. The van der Waals surface area contributed by atoms with Crippen LogP contribution in [-0.2, 0) is 0 Å². The second-order valence-electron chi connectivity index (χ2n) is 3.97. The van der Waals surface area contributed by atoms with E-state index < -0.39 is 17.7 Å². The van der Waals surface area contributed by atoms with Gasteiger partial charge in [-0.3, -0.25) is 0 Å². The predicted molar refractivity (Wildman–Crippen MR) is 65.7 cm³/mol. The molecule has 1 heterocycles. The molecule has 18 heavy (non-hydrogen) atoms. The van der Waals surface area contributed by atoms with Crippen molar-refractivity contribution in [1.29, 1.82) is 0 Å². The summed E-state index contributed by atoms with van der Waals surface area (Å²) in [5.74, 6) is -1.71. The van der Waals surface area contributed by atoms with E-state index in [4.69, 9.17) is 16.0 Å². The molecule has 1 aromatic carbocycles. The van der Waals surface area contributed by atoms with Crippen LogP contribution >= 0.6 is 11.6 Å². The average molecular weight is 272 g/mol. The van der Waals surface area contributed by atoms with E-state index in [1.54, 1.807) is 13.1 Å². The molecule has 2 nitrogen and oxygen atoms in total. The molecule has 96 valence electrons. The summed E-state index contributed by atoms with van der Waals surface area (Å²) in [5.41, 5.74) is 1.04. The van der Waals surface area contributed by atoms with Gasteiger partial charge < -0.3 is 9.73 Å². The van der Waals surface area contributed by atoms with Crippen LogP contribution in [0.1, 0.15) is 22.7 Å². The summed E-state index contributed by atoms with van der Waals surface area (Å²) in [6, 6.07) is 4.15. The van der Waals surface area contributed by atoms with E-state index >= 15 is 0 Å². The molecule has 1 aromatic heterocycles. The van der Waals surface area contributed by atoms with E-state index in [2.05, 4.69) is 5.32 Å². The maximum Gasteiger partial charge on any atom is 0.198 e. The van der Waals surface area contributed by atoms with Crippen molar-refractivity contribution in [1.82, 2.24) is 5.32 Å². The number of nitrogens with one attached hydrogen (secondary N) is 1. The molecule has 1 atom stereocenters. The summed E-state index contributed by atoms with van der Waals surface area (Å²) in [6.45, 7) is 1.52. The summed E-state index contributed by atoms with van der Waals surface area (Å²) in [5, 5.41) is 3.06. The maximum absolute atomic E-state index is 13.9. The fraction of sp³-hybridized carbons (Fsp3) is 0.231. The van der Waals surface area contributed by atoms with Crippen LogP contribution in [0.5, 0.6) is 0 Å². The third-order valence-electron chi connectivity index (χ3n) is 2.86. The van der Waals surface area contributed by atoms with E-state index in [0.717, 1.165) is 0 Å². The predicted octanol–water partition coefficient (Wildman–Crippen LogP) is 3.83. The molecule has 1 unspecified atom stereocenters. The van der Waals surface area contributed by atoms with Crippen molar-refractivity contribution in [3.8, 4) is 0 Å². The molecule has 0 spiro atoms. The average Bonchev–Trinajstić information content (AvgIpc) is 2.77. The van der Waals surface area contributed by atoms with Crippen LogP contribution in [-0.4, -0.2) is 7.05 Å². The molecule has 1 N–H and O–H groups in total. The zero-order chi connectivity index (χ0) is 13.3. The Labute approximate surface area is 109 Å². The molecular formula is C13H12ClF2NO. The van der Waals surface area contributed by atoms with Crippen LogP contribution in [0.15, 0.2) is 28.9 Å².